The van der Waals surface area contributed by atoms with Crippen molar-refractivity contribution in [1.82, 2.24) is 10.2 Å². The maximum absolute atomic E-state index is 12.2. The molecule has 0 bridgehead atoms. The first-order valence-corrected chi connectivity index (χ1v) is 9.07. The highest BCUT2D eigenvalue weighted by Gasteiger charge is 2.29. The largest absolute Gasteiger partial charge is 0.338 e. The minimum absolute atomic E-state index is 0.102. The Kier molecular flexibility index (Phi) is 6.27. The van der Waals surface area contributed by atoms with Gasteiger partial charge in [-0.25, -0.2) is 4.79 Å². The van der Waals surface area contributed by atoms with E-state index in [1.807, 2.05) is 18.8 Å². The van der Waals surface area contributed by atoms with Gasteiger partial charge in [-0.15, -0.1) is 0 Å². The second-order valence-corrected chi connectivity index (χ2v) is 6.94. The number of nitro groups is 1. The fourth-order valence-corrected chi connectivity index (χ4v) is 3.76. The van der Waals surface area contributed by atoms with Crippen molar-refractivity contribution in [3.05, 3.63) is 39.9 Å². The molecule has 0 heterocycles. The lowest BCUT2D eigenvalue weighted by Crippen LogP contribution is -2.43. The summed E-state index contributed by atoms with van der Waals surface area (Å²) in [5.41, 5.74) is 0.748. The molecule has 23 heavy (non-hydrogen) atoms. The number of amides is 2. The minimum atomic E-state index is -0.385. The summed E-state index contributed by atoms with van der Waals surface area (Å²) in [6, 6.07) is 6.83. The molecule has 2 atom stereocenters. The Hall–Kier alpha value is -1.76. The summed E-state index contributed by atoms with van der Waals surface area (Å²) in [4.78, 5) is 24.6. The molecule has 2 amide bonds. The van der Waals surface area contributed by atoms with Gasteiger partial charge in [0.2, 0.25) is 0 Å². The maximum Gasteiger partial charge on any atom is 0.317 e. The van der Waals surface area contributed by atoms with Crippen LogP contribution in [0.1, 0.15) is 24.8 Å². The van der Waals surface area contributed by atoms with Crippen LogP contribution in [0.15, 0.2) is 24.3 Å². The third kappa shape index (κ3) is 4.60. The molecule has 1 aromatic rings. The first kappa shape index (κ1) is 17.6. The summed E-state index contributed by atoms with van der Waals surface area (Å²) in [6.07, 6.45) is 5.79. The number of nitro benzene ring substituents is 1. The van der Waals surface area contributed by atoms with Gasteiger partial charge in [0.1, 0.15) is 0 Å². The SMILES string of the molecule is CS[C@H]1CC[C@H](N(C)C(=O)NCCc2ccccc2[N+](=O)[O-])C1. The molecule has 1 aliphatic carbocycles. The van der Waals surface area contributed by atoms with Gasteiger partial charge in [-0.05, 0) is 31.9 Å². The van der Waals surface area contributed by atoms with E-state index in [9.17, 15) is 14.9 Å². The monoisotopic (exact) mass is 337 g/mol. The molecule has 1 fully saturated rings. The molecule has 7 heteroatoms. The van der Waals surface area contributed by atoms with E-state index in [-0.39, 0.29) is 16.6 Å². The zero-order valence-electron chi connectivity index (χ0n) is 13.5. The smallest absolute Gasteiger partial charge is 0.317 e. The third-order valence-electron chi connectivity index (χ3n) is 4.42. The van der Waals surface area contributed by atoms with Crippen LogP contribution in [-0.4, -0.2) is 47.0 Å². The van der Waals surface area contributed by atoms with Gasteiger partial charge in [0.05, 0.1) is 4.92 Å². The molecular weight excluding hydrogens is 314 g/mol. The van der Waals surface area contributed by atoms with Crippen LogP contribution in [0.2, 0.25) is 0 Å². The first-order valence-electron chi connectivity index (χ1n) is 7.78. The average molecular weight is 337 g/mol. The zero-order chi connectivity index (χ0) is 16.8. The highest BCUT2D eigenvalue weighted by molar-refractivity contribution is 7.99. The lowest BCUT2D eigenvalue weighted by atomic mass is 10.1. The molecule has 2 rings (SSSR count). The zero-order valence-corrected chi connectivity index (χ0v) is 14.3. The molecule has 0 radical (unpaired) electrons. The second kappa shape index (κ2) is 8.19. The van der Waals surface area contributed by atoms with Crippen LogP contribution >= 0.6 is 11.8 Å². The lowest BCUT2D eigenvalue weighted by molar-refractivity contribution is -0.385. The molecule has 0 unspecified atom stereocenters. The van der Waals surface area contributed by atoms with Crippen molar-refractivity contribution in [3.8, 4) is 0 Å². The highest BCUT2D eigenvalue weighted by atomic mass is 32.2. The number of carbonyl (C=O) groups excluding carboxylic acids is 1. The Morgan fingerprint density at radius 2 is 2.17 bits per heavy atom. The number of benzene rings is 1. The molecule has 0 aromatic heterocycles. The van der Waals surface area contributed by atoms with E-state index in [2.05, 4.69) is 11.6 Å². The van der Waals surface area contributed by atoms with Crippen molar-refractivity contribution in [2.45, 2.75) is 37.0 Å². The van der Waals surface area contributed by atoms with Gasteiger partial charge in [0.15, 0.2) is 0 Å². The lowest BCUT2D eigenvalue weighted by Gasteiger charge is -2.25. The fourth-order valence-electron chi connectivity index (χ4n) is 2.98. The van der Waals surface area contributed by atoms with Gasteiger partial charge in [0, 0.05) is 36.5 Å². The molecule has 0 saturated heterocycles. The highest BCUT2D eigenvalue weighted by Crippen LogP contribution is 2.30. The first-order chi connectivity index (χ1) is 11.0. The molecule has 0 spiro atoms. The number of para-hydroxylation sites is 1. The second-order valence-electron chi connectivity index (χ2n) is 5.80. The van der Waals surface area contributed by atoms with E-state index < -0.39 is 0 Å². The molecular formula is C16H23N3O3S. The topological polar surface area (TPSA) is 75.5 Å². The molecule has 0 aliphatic heterocycles. The molecule has 1 N–H and O–H groups in total. The number of nitrogens with zero attached hydrogens (tertiary/aromatic N) is 2. The molecule has 1 saturated carbocycles. The molecule has 1 aromatic carbocycles. The predicted molar refractivity (Wildman–Crippen MR) is 92.9 cm³/mol. The predicted octanol–water partition coefficient (Wildman–Crippen LogP) is 3.06. The van der Waals surface area contributed by atoms with Crippen molar-refractivity contribution in [2.75, 3.05) is 19.8 Å². The number of urea groups is 1. The summed E-state index contributed by atoms with van der Waals surface area (Å²) >= 11 is 1.86. The van der Waals surface area contributed by atoms with Gasteiger partial charge in [-0.1, -0.05) is 18.2 Å². The quantitative estimate of drug-likeness (QED) is 0.639. The van der Waals surface area contributed by atoms with Gasteiger partial charge in [0.25, 0.3) is 5.69 Å². The maximum atomic E-state index is 12.2. The Balaban J connectivity index is 1.82. The minimum Gasteiger partial charge on any atom is -0.338 e. The van der Waals surface area contributed by atoms with E-state index in [4.69, 9.17) is 0 Å². The molecule has 126 valence electrons. The van der Waals surface area contributed by atoms with Crippen LogP contribution in [0.25, 0.3) is 0 Å². The van der Waals surface area contributed by atoms with Crippen molar-refractivity contribution in [1.29, 1.82) is 0 Å². The van der Waals surface area contributed by atoms with Crippen LogP contribution in [0.5, 0.6) is 0 Å². The van der Waals surface area contributed by atoms with Crippen molar-refractivity contribution < 1.29 is 9.72 Å². The van der Waals surface area contributed by atoms with E-state index in [0.29, 0.717) is 29.8 Å². The van der Waals surface area contributed by atoms with Crippen LogP contribution in [-0.2, 0) is 6.42 Å². The summed E-state index contributed by atoms with van der Waals surface area (Å²) in [5, 5.41) is 14.5. The number of rotatable bonds is 6. The Morgan fingerprint density at radius 3 is 2.83 bits per heavy atom. The normalized spacial score (nSPS) is 20.3. The number of nitrogens with one attached hydrogen (secondary N) is 1. The van der Waals surface area contributed by atoms with Crippen LogP contribution in [0.4, 0.5) is 10.5 Å². The Bertz CT molecular complexity index is 567. The Labute approximate surface area is 140 Å². The van der Waals surface area contributed by atoms with Crippen LogP contribution in [0.3, 0.4) is 0 Å². The van der Waals surface area contributed by atoms with Gasteiger partial charge in [-0.3, -0.25) is 10.1 Å². The van der Waals surface area contributed by atoms with Gasteiger partial charge >= 0.3 is 6.03 Å². The van der Waals surface area contributed by atoms with Crippen molar-refractivity contribution in [3.63, 3.8) is 0 Å². The fraction of sp³-hybridized carbons (Fsp3) is 0.562. The summed E-state index contributed by atoms with van der Waals surface area (Å²) in [6.45, 7) is 0.396. The third-order valence-corrected chi connectivity index (χ3v) is 5.51. The summed E-state index contributed by atoms with van der Waals surface area (Å²) < 4.78 is 0. The summed E-state index contributed by atoms with van der Waals surface area (Å²) in [5.74, 6) is 0. The van der Waals surface area contributed by atoms with Crippen molar-refractivity contribution >= 4 is 23.5 Å². The van der Waals surface area contributed by atoms with E-state index in [1.165, 1.54) is 6.07 Å². The van der Waals surface area contributed by atoms with E-state index >= 15 is 0 Å². The standard InChI is InChI=1S/C16H23N3O3S/c1-18(13-7-8-14(11-13)23-2)16(20)17-10-9-12-5-3-4-6-15(12)19(21)22/h3-6,13-14H,7-11H2,1-2H3,(H,17,20)/t13-,14-/m0/s1. The van der Waals surface area contributed by atoms with E-state index in [0.717, 1.165) is 19.3 Å². The van der Waals surface area contributed by atoms with E-state index in [1.54, 1.807) is 23.1 Å². The molecule has 6 nitrogen and oxygen atoms in total. The van der Waals surface area contributed by atoms with Crippen molar-refractivity contribution in [2.24, 2.45) is 0 Å². The number of carbonyl (C=O) groups is 1. The average Bonchev–Trinajstić information content (AvgIpc) is 3.03. The van der Waals surface area contributed by atoms with Crippen LogP contribution < -0.4 is 5.32 Å². The number of hydrogen-bond acceptors (Lipinski definition) is 4. The number of hydrogen-bond donors (Lipinski definition) is 1. The van der Waals surface area contributed by atoms with Crippen LogP contribution in [0, 0.1) is 10.1 Å². The Morgan fingerprint density at radius 1 is 1.43 bits per heavy atom. The molecule has 1 aliphatic rings. The summed E-state index contributed by atoms with van der Waals surface area (Å²) in [7, 11) is 1.83. The van der Waals surface area contributed by atoms with Gasteiger partial charge < -0.3 is 10.2 Å². The van der Waals surface area contributed by atoms with Gasteiger partial charge in [-0.2, -0.15) is 11.8 Å². The number of thioether (sulfide) groups is 1.